The summed E-state index contributed by atoms with van der Waals surface area (Å²) in [5.74, 6) is 1.22. The Morgan fingerprint density at radius 3 is 2.47 bits per heavy atom. The summed E-state index contributed by atoms with van der Waals surface area (Å²) in [6.45, 7) is 1.93. The number of rotatable bonds is 3. The molecule has 0 radical (unpaired) electrons. The average Bonchev–Trinajstić information content (AvgIpc) is 2.38. The van der Waals surface area contributed by atoms with Gasteiger partial charge in [0.05, 0.1) is 14.2 Å². The Kier molecular flexibility index (Phi) is 3.84. The highest BCUT2D eigenvalue weighted by Gasteiger charge is 2.22. The molecule has 0 unspecified atom stereocenters. The lowest BCUT2D eigenvalue weighted by atomic mass is 9.89. The fourth-order valence-electron chi connectivity index (χ4n) is 2.40. The quantitative estimate of drug-likeness (QED) is 0.878. The molecular formula is C13H18FNO2. The third-order valence-electron chi connectivity index (χ3n) is 3.25. The number of halogens is 1. The Balaban J connectivity index is 2.39. The van der Waals surface area contributed by atoms with Gasteiger partial charge in [0.1, 0.15) is 5.82 Å². The summed E-state index contributed by atoms with van der Waals surface area (Å²) in [4.78, 5) is 0. The molecule has 17 heavy (non-hydrogen) atoms. The highest BCUT2D eigenvalue weighted by Crippen LogP contribution is 2.39. The summed E-state index contributed by atoms with van der Waals surface area (Å²) in [7, 11) is 3.13. The van der Waals surface area contributed by atoms with E-state index in [1.54, 1.807) is 13.2 Å². The van der Waals surface area contributed by atoms with Crippen LogP contribution < -0.4 is 14.8 Å². The molecule has 0 spiro atoms. The van der Waals surface area contributed by atoms with Crippen LogP contribution in [0.5, 0.6) is 11.5 Å². The molecule has 1 heterocycles. The summed E-state index contributed by atoms with van der Waals surface area (Å²) in [6.07, 6.45) is 2.01. The summed E-state index contributed by atoms with van der Waals surface area (Å²) in [6, 6.07) is 2.93. The van der Waals surface area contributed by atoms with E-state index in [0.717, 1.165) is 31.5 Å². The van der Waals surface area contributed by atoms with Crippen LogP contribution in [0.3, 0.4) is 0 Å². The minimum absolute atomic E-state index is 0.267. The van der Waals surface area contributed by atoms with Gasteiger partial charge in [0.2, 0.25) is 0 Å². The maximum absolute atomic E-state index is 13.5. The number of hydrogen-bond donors (Lipinski definition) is 1. The van der Waals surface area contributed by atoms with E-state index in [1.807, 2.05) is 0 Å². The number of hydrogen-bond acceptors (Lipinski definition) is 3. The molecule has 0 saturated carbocycles. The lowest BCUT2D eigenvalue weighted by Gasteiger charge is -2.25. The first-order valence-corrected chi connectivity index (χ1v) is 5.88. The standard InChI is InChI=1S/C13H18FNO2/c1-16-12-8-10(14)7-11(13(12)17-2)9-3-5-15-6-4-9/h7-9,15H,3-6H2,1-2H3. The second-order valence-corrected chi connectivity index (χ2v) is 4.25. The number of ether oxygens (including phenoxy) is 2. The Hall–Kier alpha value is -1.29. The van der Waals surface area contributed by atoms with E-state index < -0.39 is 0 Å². The van der Waals surface area contributed by atoms with Crippen LogP contribution in [0.1, 0.15) is 24.3 Å². The first-order chi connectivity index (χ1) is 8.26. The molecule has 1 aromatic rings. The Labute approximate surface area is 101 Å². The van der Waals surface area contributed by atoms with Gasteiger partial charge in [-0.2, -0.15) is 0 Å². The van der Waals surface area contributed by atoms with Gasteiger partial charge in [-0.3, -0.25) is 0 Å². The molecular weight excluding hydrogens is 221 g/mol. The molecule has 1 aliphatic heterocycles. The topological polar surface area (TPSA) is 30.5 Å². The van der Waals surface area contributed by atoms with Crippen molar-refractivity contribution in [3.05, 3.63) is 23.5 Å². The van der Waals surface area contributed by atoms with Crippen molar-refractivity contribution in [2.75, 3.05) is 27.3 Å². The number of benzene rings is 1. The smallest absolute Gasteiger partial charge is 0.164 e. The van der Waals surface area contributed by atoms with E-state index in [1.165, 1.54) is 13.2 Å². The molecule has 2 rings (SSSR count). The molecule has 1 aliphatic rings. The number of piperidine rings is 1. The molecule has 1 fully saturated rings. The second-order valence-electron chi connectivity index (χ2n) is 4.25. The van der Waals surface area contributed by atoms with E-state index >= 15 is 0 Å². The van der Waals surface area contributed by atoms with Crippen molar-refractivity contribution >= 4 is 0 Å². The molecule has 1 saturated heterocycles. The van der Waals surface area contributed by atoms with Gasteiger partial charge >= 0.3 is 0 Å². The first-order valence-electron chi connectivity index (χ1n) is 5.88. The maximum Gasteiger partial charge on any atom is 0.164 e. The molecule has 1 aromatic carbocycles. The minimum atomic E-state index is -0.267. The zero-order chi connectivity index (χ0) is 12.3. The Morgan fingerprint density at radius 1 is 1.18 bits per heavy atom. The third-order valence-corrected chi connectivity index (χ3v) is 3.25. The predicted molar refractivity (Wildman–Crippen MR) is 64.3 cm³/mol. The van der Waals surface area contributed by atoms with Gasteiger partial charge in [-0.15, -0.1) is 0 Å². The molecule has 94 valence electrons. The maximum atomic E-state index is 13.5. The van der Waals surface area contributed by atoms with Crippen molar-refractivity contribution in [3.8, 4) is 11.5 Å². The highest BCUT2D eigenvalue weighted by molar-refractivity contribution is 5.49. The van der Waals surface area contributed by atoms with Crippen molar-refractivity contribution in [1.29, 1.82) is 0 Å². The molecule has 0 aliphatic carbocycles. The predicted octanol–water partition coefficient (Wildman–Crippen LogP) is 2.31. The Bertz CT molecular complexity index is 389. The minimum Gasteiger partial charge on any atom is -0.493 e. The zero-order valence-electron chi connectivity index (χ0n) is 10.3. The van der Waals surface area contributed by atoms with Crippen molar-refractivity contribution in [2.24, 2.45) is 0 Å². The van der Waals surface area contributed by atoms with Crippen molar-refractivity contribution in [1.82, 2.24) is 5.32 Å². The molecule has 0 atom stereocenters. The first kappa shape index (κ1) is 12.2. The van der Waals surface area contributed by atoms with Crippen LogP contribution in [-0.4, -0.2) is 27.3 Å². The van der Waals surface area contributed by atoms with Gasteiger partial charge in [-0.25, -0.2) is 4.39 Å². The van der Waals surface area contributed by atoms with E-state index in [-0.39, 0.29) is 5.82 Å². The van der Waals surface area contributed by atoms with E-state index in [0.29, 0.717) is 17.4 Å². The fraction of sp³-hybridized carbons (Fsp3) is 0.538. The average molecular weight is 239 g/mol. The van der Waals surface area contributed by atoms with Crippen molar-refractivity contribution < 1.29 is 13.9 Å². The summed E-state index contributed by atoms with van der Waals surface area (Å²) >= 11 is 0. The molecule has 0 aromatic heterocycles. The largest absolute Gasteiger partial charge is 0.493 e. The van der Waals surface area contributed by atoms with E-state index in [2.05, 4.69) is 5.32 Å². The Morgan fingerprint density at radius 2 is 1.88 bits per heavy atom. The van der Waals surface area contributed by atoms with Gasteiger partial charge < -0.3 is 14.8 Å². The van der Waals surface area contributed by atoms with Crippen LogP contribution in [0.15, 0.2) is 12.1 Å². The van der Waals surface area contributed by atoms with Crippen LogP contribution >= 0.6 is 0 Å². The van der Waals surface area contributed by atoms with Gasteiger partial charge in [0, 0.05) is 11.6 Å². The van der Waals surface area contributed by atoms with Crippen molar-refractivity contribution in [2.45, 2.75) is 18.8 Å². The summed E-state index contributed by atoms with van der Waals surface area (Å²) < 4.78 is 24.1. The zero-order valence-corrected chi connectivity index (χ0v) is 10.3. The molecule has 3 nitrogen and oxygen atoms in total. The van der Waals surface area contributed by atoms with Gasteiger partial charge in [-0.05, 0) is 37.9 Å². The van der Waals surface area contributed by atoms with Crippen LogP contribution in [0.2, 0.25) is 0 Å². The highest BCUT2D eigenvalue weighted by atomic mass is 19.1. The van der Waals surface area contributed by atoms with Gasteiger partial charge in [0.15, 0.2) is 11.5 Å². The monoisotopic (exact) mass is 239 g/mol. The lowest BCUT2D eigenvalue weighted by molar-refractivity contribution is 0.341. The van der Waals surface area contributed by atoms with Crippen molar-refractivity contribution in [3.63, 3.8) is 0 Å². The summed E-state index contributed by atoms with van der Waals surface area (Å²) in [5.41, 5.74) is 0.922. The SMILES string of the molecule is COc1cc(F)cc(C2CCNCC2)c1OC. The van der Waals surface area contributed by atoms with Crippen LogP contribution in [0.25, 0.3) is 0 Å². The normalized spacial score (nSPS) is 16.9. The lowest BCUT2D eigenvalue weighted by Crippen LogP contribution is -2.26. The fourth-order valence-corrected chi connectivity index (χ4v) is 2.40. The van der Waals surface area contributed by atoms with Crippen LogP contribution in [0, 0.1) is 5.82 Å². The molecule has 1 N–H and O–H groups in total. The van der Waals surface area contributed by atoms with Gasteiger partial charge in [-0.1, -0.05) is 0 Å². The van der Waals surface area contributed by atoms with Crippen LogP contribution in [-0.2, 0) is 0 Å². The number of nitrogens with one attached hydrogen (secondary N) is 1. The number of methoxy groups -OCH3 is 2. The molecule has 0 bridgehead atoms. The van der Waals surface area contributed by atoms with E-state index in [9.17, 15) is 4.39 Å². The molecule has 4 heteroatoms. The third kappa shape index (κ3) is 2.52. The summed E-state index contributed by atoms with van der Waals surface area (Å²) in [5, 5.41) is 3.30. The van der Waals surface area contributed by atoms with Gasteiger partial charge in [0.25, 0.3) is 0 Å². The second kappa shape index (κ2) is 5.36. The van der Waals surface area contributed by atoms with E-state index in [4.69, 9.17) is 9.47 Å². The van der Waals surface area contributed by atoms with Crippen LogP contribution in [0.4, 0.5) is 4.39 Å². The molecule has 0 amide bonds.